The van der Waals surface area contributed by atoms with Gasteiger partial charge in [-0.2, -0.15) is 9.40 Å². The number of piperidine rings is 1. The van der Waals surface area contributed by atoms with Crippen molar-refractivity contribution >= 4 is 21.6 Å². The monoisotopic (exact) mass is 482 g/mol. The highest BCUT2D eigenvalue weighted by Gasteiger charge is 2.25. The fraction of sp³-hybridized carbons (Fsp3) is 0.292. The zero-order valence-electron chi connectivity index (χ0n) is 18.8. The average Bonchev–Trinajstić information content (AvgIpc) is 2.86. The van der Waals surface area contributed by atoms with Crippen molar-refractivity contribution in [3.8, 4) is 11.4 Å². The number of hydrogen-bond donors (Lipinski definition) is 1. The highest BCUT2D eigenvalue weighted by atomic mass is 32.2. The fourth-order valence-corrected chi connectivity index (χ4v) is 5.24. The van der Waals surface area contributed by atoms with Crippen molar-refractivity contribution in [2.75, 3.05) is 25.0 Å². The average molecular weight is 483 g/mol. The van der Waals surface area contributed by atoms with Gasteiger partial charge in [0.2, 0.25) is 15.5 Å². The van der Waals surface area contributed by atoms with Crippen LogP contribution in [-0.4, -0.2) is 48.1 Å². The van der Waals surface area contributed by atoms with Crippen LogP contribution in [0.3, 0.4) is 0 Å². The molecule has 2 heterocycles. The molecule has 3 aromatic rings. The summed E-state index contributed by atoms with van der Waals surface area (Å²) in [5.41, 5.74) is 0.218. The van der Waals surface area contributed by atoms with Crippen LogP contribution < -0.4 is 15.5 Å². The van der Waals surface area contributed by atoms with Crippen molar-refractivity contribution in [2.24, 2.45) is 0 Å². The first kappa shape index (κ1) is 23.7. The smallest absolute Gasteiger partial charge is 0.280 e. The van der Waals surface area contributed by atoms with Gasteiger partial charge in [0.25, 0.3) is 5.91 Å². The number of rotatable bonds is 7. The van der Waals surface area contributed by atoms with Crippen LogP contribution in [-0.2, 0) is 10.0 Å². The number of hydrogen-bond acceptors (Lipinski definition) is 6. The molecule has 178 valence electrons. The molecule has 1 fully saturated rings. The number of ether oxygens (including phenoxy) is 1. The minimum Gasteiger partial charge on any atom is -0.494 e. The molecule has 2 aromatic carbocycles. The molecule has 0 bridgehead atoms. The molecule has 0 spiro atoms. The van der Waals surface area contributed by atoms with Crippen LogP contribution in [0.5, 0.6) is 5.75 Å². The number of nitrogens with one attached hydrogen (secondary N) is 1. The molecular weight excluding hydrogens is 456 g/mol. The molecule has 0 atom stereocenters. The third-order valence-corrected chi connectivity index (χ3v) is 7.41. The third kappa shape index (κ3) is 5.18. The summed E-state index contributed by atoms with van der Waals surface area (Å²) in [4.78, 5) is 25.2. The highest BCUT2D eigenvalue weighted by molar-refractivity contribution is 7.89. The van der Waals surface area contributed by atoms with E-state index in [-0.39, 0.29) is 10.6 Å². The van der Waals surface area contributed by atoms with Crippen molar-refractivity contribution in [3.63, 3.8) is 0 Å². The molecule has 1 amide bonds. The molecule has 1 aromatic heterocycles. The van der Waals surface area contributed by atoms with Crippen molar-refractivity contribution in [3.05, 3.63) is 76.7 Å². The second kappa shape index (κ2) is 10.2. The summed E-state index contributed by atoms with van der Waals surface area (Å²) in [6.07, 6.45) is 4.22. The van der Waals surface area contributed by atoms with Crippen molar-refractivity contribution < 1.29 is 17.9 Å². The van der Waals surface area contributed by atoms with Crippen LogP contribution in [0.4, 0.5) is 5.69 Å². The van der Waals surface area contributed by atoms with Crippen molar-refractivity contribution in [2.45, 2.75) is 31.1 Å². The quantitative estimate of drug-likeness (QED) is 0.554. The first-order valence-corrected chi connectivity index (χ1v) is 12.6. The van der Waals surface area contributed by atoms with E-state index in [9.17, 15) is 18.0 Å². The molecule has 34 heavy (non-hydrogen) atoms. The second-order valence-corrected chi connectivity index (χ2v) is 9.78. The summed E-state index contributed by atoms with van der Waals surface area (Å²) in [7, 11) is -3.56. The predicted molar refractivity (Wildman–Crippen MR) is 128 cm³/mol. The molecule has 4 rings (SSSR count). The Kier molecular flexibility index (Phi) is 7.09. The summed E-state index contributed by atoms with van der Waals surface area (Å²) in [5, 5.41) is 6.80. The number of anilines is 1. The summed E-state index contributed by atoms with van der Waals surface area (Å²) < 4.78 is 33.9. The fourth-order valence-electron chi connectivity index (χ4n) is 3.73. The van der Waals surface area contributed by atoms with E-state index in [4.69, 9.17) is 4.74 Å². The lowest BCUT2D eigenvalue weighted by Crippen LogP contribution is -2.35. The van der Waals surface area contributed by atoms with E-state index in [1.165, 1.54) is 45.5 Å². The largest absolute Gasteiger partial charge is 0.494 e. The lowest BCUT2D eigenvalue weighted by molar-refractivity contribution is 0.101. The zero-order valence-corrected chi connectivity index (χ0v) is 19.6. The van der Waals surface area contributed by atoms with E-state index in [1.54, 1.807) is 24.3 Å². The summed E-state index contributed by atoms with van der Waals surface area (Å²) in [5.74, 6) is 0.0212. The Labute approximate surface area is 198 Å². The molecule has 10 heteroatoms. The number of benzene rings is 2. The number of sulfonamides is 1. The summed E-state index contributed by atoms with van der Waals surface area (Å²) >= 11 is 0. The Bertz CT molecular complexity index is 1310. The van der Waals surface area contributed by atoms with Crippen molar-refractivity contribution in [1.29, 1.82) is 0 Å². The van der Waals surface area contributed by atoms with Crippen LogP contribution in [0.15, 0.2) is 70.5 Å². The number of carbonyl (C=O) groups excluding carboxylic acids is 1. The topological polar surface area (TPSA) is 111 Å². The van der Waals surface area contributed by atoms with Crippen LogP contribution in [0.1, 0.15) is 36.7 Å². The van der Waals surface area contributed by atoms with Crippen LogP contribution in [0.25, 0.3) is 5.69 Å². The summed E-state index contributed by atoms with van der Waals surface area (Å²) in [6, 6.07) is 14.3. The van der Waals surface area contributed by atoms with Gasteiger partial charge in [0.05, 0.1) is 17.2 Å². The molecule has 0 unspecified atom stereocenters. The first-order chi connectivity index (χ1) is 16.4. The zero-order chi connectivity index (χ0) is 24.1. The van der Waals surface area contributed by atoms with Gasteiger partial charge in [0.15, 0.2) is 5.69 Å². The third-order valence-electron chi connectivity index (χ3n) is 5.50. The number of carbonyl (C=O) groups is 1. The van der Waals surface area contributed by atoms with Crippen LogP contribution >= 0.6 is 0 Å². The molecule has 1 aliphatic rings. The van der Waals surface area contributed by atoms with Crippen molar-refractivity contribution in [1.82, 2.24) is 14.1 Å². The van der Waals surface area contributed by atoms with Crippen LogP contribution in [0.2, 0.25) is 0 Å². The lowest BCUT2D eigenvalue weighted by Gasteiger charge is -2.25. The Morgan fingerprint density at radius 3 is 2.32 bits per heavy atom. The Morgan fingerprint density at radius 2 is 1.68 bits per heavy atom. The predicted octanol–water partition coefficient (Wildman–Crippen LogP) is 3.06. The van der Waals surface area contributed by atoms with Gasteiger partial charge in [-0.1, -0.05) is 6.42 Å². The minimum atomic E-state index is -3.56. The minimum absolute atomic E-state index is 0.170. The van der Waals surface area contributed by atoms with E-state index >= 15 is 0 Å². The number of amides is 1. The SMILES string of the molecule is CCOc1ccc(-n2ccc(=O)c(C(=O)Nc3ccc(S(=O)(=O)N4CCCCC4)cc3)n2)cc1. The maximum absolute atomic E-state index is 12.8. The van der Waals surface area contributed by atoms with Gasteiger partial charge in [0.1, 0.15) is 5.75 Å². The maximum Gasteiger partial charge on any atom is 0.280 e. The van der Waals surface area contributed by atoms with Gasteiger partial charge in [-0.05, 0) is 68.3 Å². The molecule has 9 nitrogen and oxygen atoms in total. The molecule has 0 saturated carbocycles. The molecule has 0 aliphatic carbocycles. The van der Waals surface area contributed by atoms with Gasteiger partial charge in [-0.3, -0.25) is 9.59 Å². The first-order valence-electron chi connectivity index (χ1n) is 11.1. The molecule has 0 radical (unpaired) electrons. The molecule has 1 saturated heterocycles. The van der Waals surface area contributed by atoms with E-state index in [1.807, 2.05) is 6.92 Å². The Hall–Kier alpha value is -3.50. The lowest BCUT2D eigenvalue weighted by atomic mass is 10.2. The van der Waals surface area contributed by atoms with Gasteiger partial charge in [-0.15, -0.1) is 0 Å². The number of nitrogens with zero attached hydrogens (tertiary/aromatic N) is 3. The van der Waals surface area contributed by atoms with Gasteiger partial charge >= 0.3 is 0 Å². The summed E-state index contributed by atoms with van der Waals surface area (Å²) in [6.45, 7) is 3.47. The molecular formula is C24H26N4O5S. The Morgan fingerprint density at radius 1 is 1.00 bits per heavy atom. The maximum atomic E-state index is 12.8. The van der Waals surface area contributed by atoms with Gasteiger partial charge in [0, 0.05) is 31.0 Å². The van der Waals surface area contributed by atoms with E-state index in [0.29, 0.717) is 36.8 Å². The molecule has 1 aliphatic heterocycles. The van der Waals surface area contributed by atoms with Gasteiger partial charge < -0.3 is 10.1 Å². The van der Waals surface area contributed by atoms with Crippen LogP contribution in [0, 0.1) is 0 Å². The normalized spacial score (nSPS) is 14.5. The van der Waals surface area contributed by atoms with Gasteiger partial charge in [-0.25, -0.2) is 13.1 Å². The van der Waals surface area contributed by atoms with E-state index < -0.39 is 21.4 Å². The number of aromatic nitrogens is 2. The van der Waals surface area contributed by atoms with E-state index in [2.05, 4.69) is 10.4 Å². The standard InChI is InChI=1S/C24H26N4O5S/c1-2-33-20-10-8-19(9-11-20)28-17-14-22(29)23(26-28)24(30)25-18-6-12-21(13-7-18)34(31,32)27-15-4-3-5-16-27/h6-14,17H,2-5,15-16H2,1H3,(H,25,30). The molecule has 1 N–H and O–H groups in total. The highest BCUT2D eigenvalue weighted by Crippen LogP contribution is 2.22. The van der Waals surface area contributed by atoms with E-state index in [0.717, 1.165) is 19.3 Å². The Balaban J connectivity index is 1.50. The second-order valence-electron chi connectivity index (χ2n) is 7.84.